The number of hydrogen-bond donors (Lipinski definition) is 2. The zero-order valence-electron chi connectivity index (χ0n) is 15.6. The number of anilines is 3. The van der Waals surface area contributed by atoms with Gasteiger partial charge >= 0.3 is 0 Å². The molecule has 0 saturated heterocycles. The zero-order chi connectivity index (χ0) is 20.1. The first-order valence-corrected chi connectivity index (χ1v) is 8.76. The van der Waals surface area contributed by atoms with Crippen LogP contribution in [0.15, 0.2) is 48.8 Å². The van der Waals surface area contributed by atoms with Crippen LogP contribution in [0.3, 0.4) is 0 Å². The SMILES string of the molecule is COc1ccc(Nc2cc(C(=O)Nc3ccc(Cl)cc3C)ncn2)cc1OC. The molecule has 7 nitrogen and oxygen atoms in total. The van der Waals surface area contributed by atoms with E-state index in [1.54, 1.807) is 50.6 Å². The number of aryl methyl sites for hydroxylation is 1. The van der Waals surface area contributed by atoms with Crippen LogP contribution in [0.5, 0.6) is 11.5 Å². The van der Waals surface area contributed by atoms with Gasteiger partial charge in [-0.2, -0.15) is 0 Å². The van der Waals surface area contributed by atoms with Crippen molar-refractivity contribution in [2.45, 2.75) is 6.92 Å². The Balaban J connectivity index is 1.77. The normalized spacial score (nSPS) is 10.3. The fourth-order valence-electron chi connectivity index (χ4n) is 2.57. The van der Waals surface area contributed by atoms with Crippen LogP contribution in [0, 0.1) is 6.92 Å². The van der Waals surface area contributed by atoms with Crippen LogP contribution < -0.4 is 20.1 Å². The minimum atomic E-state index is -0.344. The molecular weight excluding hydrogens is 380 g/mol. The lowest BCUT2D eigenvalue weighted by molar-refractivity contribution is 0.102. The van der Waals surface area contributed by atoms with Gasteiger partial charge in [0, 0.05) is 28.5 Å². The van der Waals surface area contributed by atoms with E-state index in [1.165, 1.54) is 6.33 Å². The van der Waals surface area contributed by atoms with Crippen molar-refractivity contribution >= 4 is 34.7 Å². The summed E-state index contributed by atoms with van der Waals surface area (Å²) in [6, 6.07) is 12.2. The van der Waals surface area contributed by atoms with Crippen molar-refractivity contribution in [3.8, 4) is 11.5 Å². The van der Waals surface area contributed by atoms with Crippen LogP contribution in [-0.2, 0) is 0 Å². The van der Waals surface area contributed by atoms with Crippen molar-refractivity contribution in [3.63, 3.8) is 0 Å². The van der Waals surface area contributed by atoms with Crippen LogP contribution in [0.25, 0.3) is 0 Å². The molecule has 1 heterocycles. The van der Waals surface area contributed by atoms with E-state index in [4.69, 9.17) is 21.1 Å². The highest BCUT2D eigenvalue weighted by molar-refractivity contribution is 6.30. The lowest BCUT2D eigenvalue weighted by Crippen LogP contribution is -2.15. The molecule has 0 unspecified atom stereocenters. The minimum absolute atomic E-state index is 0.229. The van der Waals surface area contributed by atoms with E-state index < -0.39 is 0 Å². The van der Waals surface area contributed by atoms with Crippen molar-refractivity contribution in [2.24, 2.45) is 0 Å². The van der Waals surface area contributed by atoms with Crippen molar-refractivity contribution in [1.29, 1.82) is 0 Å². The second kappa shape index (κ2) is 8.58. The number of nitrogens with one attached hydrogen (secondary N) is 2. The number of hydrogen-bond acceptors (Lipinski definition) is 6. The molecule has 0 spiro atoms. The molecule has 0 radical (unpaired) electrons. The maximum Gasteiger partial charge on any atom is 0.274 e. The quantitative estimate of drug-likeness (QED) is 0.638. The van der Waals surface area contributed by atoms with Crippen LogP contribution in [0.1, 0.15) is 16.1 Å². The minimum Gasteiger partial charge on any atom is -0.493 e. The number of carbonyl (C=O) groups is 1. The summed E-state index contributed by atoms with van der Waals surface area (Å²) in [5.41, 5.74) is 2.49. The van der Waals surface area contributed by atoms with Gasteiger partial charge in [-0.3, -0.25) is 4.79 Å². The number of amides is 1. The number of methoxy groups -OCH3 is 2. The fraction of sp³-hybridized carbons (Fsp3) is 0.150. The van der Waals surface area contributed by atoms with E-state index in [0.29, 0.717) is 28.0 Å². The monoisotopic (exact) mass is 398 g/mol. The number of halogens is 1. The summed E-state index contributed by atoms with van der Waals surface area (Å²) < 4.78 is 10.5. The molecule has 1 aromatic heterocycles. The molecule has 0 aliphatic heterocycles. The maximum absolute atomic E-state index is 12.5. The van der Waals surface area contributed by atoms with Gasteiger partial charge in [0.2, 0.25) is 0 Å². The molecule has 0 aliphatic carbocycles. The van der Waals surface area contributed by atoms with Crippen molar-refractivity contribution in [3.05, 3.63) is 65.1 Å². The van der Waals surface area contributed by atoms with Gasteiger partial charge in [-0.1, -0.05) is 11.6 Å². The topological polar surface area (TPSA) is 85.4 Å². The van der Waals surface area contributed by atoms with Gasteiger partial charge < -0.3 is 20.1 Å². The molecule has 0 saturated carbocycles. The molecule has 2 N–H and O–H groups in total. The van der Waals surface area contributed by atoms with Crippen molar-refractivity contribution in [1.82, 2.24) is 9.97 Å². The smallest absolute Gasteiger partial charge is 0.274 e. The van der Waals surface area contributed by atoms with Gasteiger partial charge in [0.1, 0.15) is 17.8 Å². The highest BCUT2D eigenvalue weighted by Crippen LogP contribution is 2.30. The molecule has 0 aliphatic rings. The van der Waals surface area contributed by atoms with E-state index in [9.17, 15) is 4.79 Å². The van der Waals surface area contributed by atoms with E-state index in [0.717, 1.165) is 11.3 Å². The molecule has 2 aromatic carbocycles. The van der Waals surface area contributed by atoms with E-state index >= 15 is 0 Å². The van der Waals surface area contributed by atoms with Crippen LogP contribution in [-0.4, -0.2) is 30.1 Å². The molecule has 144 valence electrons. The Morgan fingerprint density at radius 1 is 1.00 bits per heavy atom. The number of carbonyl (C=O) groups excluding carboxylic acids is 1. The first kappa shape index (κ1) is 19.4. The Hall–Kier alpha value is -3.32. The first-order chi connectivity index (χ1) is 13.5. The molecule has 8 heteroatoms. The Bertz CT molecular complexity index is 1010. The summed E-state index contributed by atoms with van der Waals surface area (Å²) in [7, 11) is 3.14. The Morgan fingerprint density at radius 3 is 2.50 bits per heavy atom. The Labute approximate surface area is 167 Å². The molecule has 0 atom stereocenters. The lowest BCUT2D eigenvalue weighted by atomic mass is 10.2. The predicted molar refractivity (Wildman–Crippen MR) is 109 cm³/mol. The second-order valence-corrected chi connectivity index (χ2v) is 6.33. The number of rotatable bonds is 6. The second-order valence-electron chi connectivity index (χ2n) is 5.90. The third-order valence-electron chi connectivity index (χ3n) is 3.99. The average molecular weight is 399 g/mol. The summed E-state index contributed by atoms with van der Waals surface area (Å²) in [6.07, 6.45) is 1.33. The lowest BCUT2D eigenvalue weighted by Gasteiger charge is -2.11. The molecule has 3 aromatic rings. The summed E-state index contributed by atoms with van der Waals surface area (Å²) in [4.78, 5) is 20.8. The molecule has 0 bridgehead atoms. The third-order valence-corrected chi connectivity index (χ3v) is 4.23. The van der Waals surface area contributed by atoms with Crippen molar-refractivity contribution < 1.29 is 14.3 Å². The van der Waals surface area contributed by atoms with Gasteiger partial charge in [0.15, 0.2) is 11.5 Å². The number of nitrogens with zero attached hydrogens (tertiary/aromatic N) is 2. The standard InChI is InChI=1S/C20H19ClN4O3/c1-12-8-13(21)4-6-15(12)25-20(26)16-10-19(23-11-22-16)24-14-5-7-17(27-2)18(9-14)28-3/h4-11H,1-3H3,(H,25,26)(H,22,23,24). The van der Waals surface area contributed by atoms with Crippen LogP contribution in [0.2, 0.25) is 5.02 Å². The van der Waals surface area contributed by atoms with Crippen LogP contribution >= 0.6 is 11.6 Å². The summed E-state index contributed by atoms with van der Waals surface area (Å²) in [5.74, 6) is 1.33. The van der Waals surface area contributed by atoms with Gasteiger partial charge in [0.25, 0.3) is 5.91 Å². The summed E-state index contributed by atoms with van der Waals surface area (Å²) in [5, 5.41) is 6.56. The molecule has 3 rings (SSSR count). The first-order valence-electron chi connectivity index (χ1n) is 8.38. The average Bonchev–Trinajstić information content (AvgIpc) is 2.70. The maximum atomic E-state index is 12.5. The number of aromatic nitrogens is 2. The third kappa shape index (κ3) is 4.50. The van der Waals surface area contributed by atoms with Gasteiger partial charge in [-0.05, 0) is 42.8 Å². The van der Waals surface area contributed by atoms with Crippen molar-refractivity contribution in [2.75, 3.05) is 24.9 Å². The van der Waals surface area contributed by atoms with Gasteiger partial charge in [0.05, 0.1) is 14.2 Å². The predicted octanol–water partition coefficient (Wildman–Crippen LogP) is 4.45. The largest absolute Gasteiger partial charge is 0.493 e. The Morgan fingerprint density at radius 2 is 1.79 bits per heavy atom. The van der Waals surface area contributed by atoms with Gasteiger partial charge in [-0.25, -0.2) is 9.97 Å². The van der Waals surface area contributed by atoms with E-state index in [1.807, 2.05) is 13.0 Å². The van der Waals surface area contributed by atoms with Gasteiger partial charge in [-0.15, -0.1) is 0 Å². The molecule has 0 fully saturated rings. The highest BCUT2D eigenvalue weighted by atomic mass is 35.5. The molecular formula is C20H19ClN4O3. The van der Waals surface area contributed by atoms with E-state index in [2.05, 4.69) is 20.6 Å². The van der Waals surface area contributed by atoms with Crippen LogP contribution in [0.4, 0.5) is 17.2 Å². The Kier molecular flexibility index (Phi) is 5.96. The summed E-state index contributed by atoms with van der Waals surface area (Å²) >= 11 is 5.95. The molecule has 1 amide bonds. The molecule has 28 heavy (non-hydrogen) atoms. The zero-order valence-corrected chi connectivity index (χ0v) is 16.4. The van der Waals surface area contributed by atoms with E-state index in [-0.39, 0.29) is 11.6 Å². The summed E-state index contributed by atoms with van der Waals surface area (Å²) in [6.45, 7) is 1.87. The fourth-order valence-corrected chi connectivity index (χ4v) is 2.79. The number of ether oxygens (including phenoxy) is 2. The highest BCUT2D eigenvalue weighted by Gasteiger charge is 2.12. The number of benzene rings is 2.